The van der Waals surface area contributed by atoms with Crippen LogP contribution < -0.4 is 5.32 Å². The summed E-state index contributed by atoms with van der Waals surface area (Å²) >= 11 is 0. The van der Waals surface area contributed by atoms with E-state index >= 15 is 0 Å². The standard InChI is InChI=1S/C15H13N7O/c1-9-5-12(21-20-9)15(23)18-11-6-10-7-13(19-14(10)16-8-11)22-4-2-3-17-22/h2-8H,1H3,(H,16,19)(H,18,23)(H,20,21). The Hall–Kier alpha value is -3.42. The number of carbonyl (C=O) groups excluding carboxylic acids is 1. The Morgan fingerprint density at radius 2 is 2.22 bits per heavy atom. The maximum absolute atomic E-state index is 12.1. The Labute approximate surface area is 130 Å². The summed E-state index contributed by atoms with van der Waals surface area (Å²) in [7, 11) is 0. The van der Waals surface area contributed by atoms with Crippen LogP contribution in [0.2, 0.25) is 0 Å². The number of aryl methyl sites for hydroxylation is 1. The van der Waals surface area contributed by atoms with E-state index in [0.717, 1.165) is 22.5 Å². The van der Waals surface area contributed by atoms with Crippen molar-refractivity contribution in [3.8, 4) is 5.82 Å². The number of hydrogen-bond acceptors (Lipinski definition) is 4. The van der Waals surface area contributed by atoms with Crippen LogP contribution in [0.1, 0.15) is 16.2 Å². The molecule has 0 atom stereocenters. The number of amides is 1. The summed E-state index contributed by atoms with van der Waals surface area (Å²) in [5, 5.41) is 14.5. The minimum atomic E-state index is -0.279. The first-order valence-corrected chi connectivity index (χ1v) is 7.01. The summed E-state index contributed by atoms with van der Waals surface area (Å²) in [6, 6.07) is 7.30. The largest absolute Gasteiger partial charge is 0.324 e. The van der Waals surface area contributed by atoms with E-state index in [1.807, 2.05) is 31.3 Å². The molecule has 3 N–H and O–H groups in total. The van der Waals surface area contributed by atoms with Gasteiger partial charge in [0.05, 0.1) is 11.9 Å². The number of carbonyl (C=O) groups is 1. The summed E-state index contributed by atoms with van der Waals surface area (Å²) in [6.45, 7) is 1.84. The van der Waals surface area contributed by atoms with E-state index in [4.69, 9.17) is 0 Å². The third-order valence-electron chi connectivity index (χ3n) is 3.40. The van der Waals surface area contributed by atoms with Gasteiger partial charge in [-0.25, -0.2) is 9.67 Å². The van der Waals surface area contributed by atoms with Gasteiger partial charge in [0.2, 0.25) is 0 Å². The van der Waals surface area contributed by atoms with Crippen molar-refractivity contribution < 1.29 is 4.79 Å². The molecule has 1 amide bonds. The van der Waals surface area contributed by atoms with Gasteiger partial charge in [-0.2, -0.15) is 10.2 Å². The van der Waals surface area contributed by atoms with Crippen molar-refractivity contribution in [1.29, 1.82) is 0 Å². The van der Waals surface area contributed by atoms with Crippen molar-refractivity contribution >= 4 is 22.6 Å². The van der Waals surface area contributed by atoms with Crippen molar-refractivity contribution in [3.63, 3.8) is 0 Å². The first-order valence-electron chi connectivity index (χ1n) is 7.01. The number of H-pyrrole nitrogens is 2. The van der Waals surface area contributed by atoms with Crippen molar-refractivity contribution in [1.82, 2.24) is 29.9 Å². The van der Waals surface area contributed by atoms with E-state index in [0.29, 0.717) is 11.4 Å². The average Bonchev–Trinajstić information content (AvgIpc) is 3.26. The zero-order chi connectivity index (χ0) is 15.8. The second kappa shape index (κ2) is 5.09. The van der Waals surface area contributed by atoms with Crippen LogP contribution in [0.5, 0.6) is 0 Å². The van der Waals surface area contributed by atoms with E-state index in [9.17, 15) is 4.79 Å². The van der Waals surface area contributed by atoms with Gasteiger partial charge in [0.25, 0.3) is 5.91 Å². The van der Waals surface area contributed by atoms with E-state index in [2.05, 4.69) is 30.6 Å². The fourth-order valence-electron chi connectivity index (χ4n) is 2.33. The third kappa shape index (κ3) is 2.46. The highest BCUT2D eigenvalue weighted by atomic mass is 16.1. The Morgan fingerprint density at radius 3 is 2.96 bits per heavy atom. The Balaban J connectivity index is 1.62. The Kier molecular flexibility index (Phi) is 2.94. The summed E-state index contributed by atoms with van der Waals surface area (Å²) in [5.74, 6) is 0.530. The van der Waals surface area contributed by atoms with Crippen LogP contribution >= 0.6 is 0 Å². The number of anilines is 1. The SMILES string of the molecule is Cc1cc(C(=O)Nc2cnc3[nH]c(-n4cccn4)cc3c2)n[nH]1. The fraction of sp³-hybridized carbons (Fsp3) is 0.0667. The average molecular weight is 307 g/mol. The predicted molar refractivity (Wildman–Crippen MR) is 84.5 cm³/mol. The molecule has 4 heterocycles. The number of rotatable bonds is 3. The summed E-state index contributed by atoms with van der Waals surface area (Å²) in [6.07, 6.45) is 5.15. The minimum absolute atomic E-state index is 0.279. The Morgan fingerprint density at radius 1 is 1.30 bits per heavy atom. The van der Waals surface area contributed by atoms with Gasteiger partial charge in [-0.3, -0.25) is 9.89 Å². The lowest BCUT2D eigenvalue weighted by Crippen LogP contribution is -2.12. The van der Waals surface area contributed by atoms with Gasteiger partial charge in [0.15, 0.2) is 5.69 Å². The van der Waals surface area contributed by atoms with E-state index in [-0.39, 0.29) is 5.91 Å². The first kappa shape index (κ1) is 13.3. The van der Waals surface area contributed by atoms with Gasteiger partial charge in [0, 0.05) is 23.5 Å². The van der Waals surface area contributed by atoms with Crippen LogP contribution in [0, 0.1) is 6.92 Å². The summed E-state index contributed by atoms with van der Waals surface area (Å²) < 4.78 is 1.71. The predicted octanol–water partition coefficient (Wildman–Crippen LogP) is 2.03. The van der Waals surface area contributed by atoms with Gasteiger partial charge in [-0.1, -0.05) is 0 Å². The van der Waals surface area contributed by atoms with Crippen LogP contribution in [-0.2, 0) is 0 Å². The molecule has 0 unspecified atom stereocenters. The van der Waals surface area contributed by atoms with Gasteiger partial charge in [0.1, 0.15) is 11.5 Å². The normalized spacial score (nSPS) is 11.0. The highest BCUT2D eigenvalue weighted by Crippen LogP contribution is 2.19. The van der Waals surface area contributed by atoms with Crippen LogP contribution in [0.15, 0.2) is 42.9 Å². The molecule has 0 aliphatic rings. The van der Waals surface area contributed by atoms with Gasteiger partial charge >= 0.3 is 0 Å². The number of nitrogens with zero attached hydrogens (tertiary/aromatic N) is 4. The molecule has 0 saturated heterocycles. The van der Waals surface area contributed by atoms with Crippen LogP contribution in [0.3, 0.4) is 0 Å². The van der Waals surface area contributed by atoms with Crippen molar-refractivity contribution in [2.45, 2.75) is 6.92 Å². The van der Waals surface area contributed by atoms with Gasteiger partial charge in [-0.05, 0) is 31.2 Å². The number of nitrogens with one attached hydrogen (secondary N) is 3. The quantitative estimate of drug-likeness (QED) is 0.538. The number of aromatic amines is 2. The highest BCUT2D eigenvalue weighted by molar-refractivity contribution is 6.03. The summed E-state index contributed by atoms with van der Waals surface area (Å²) in [5.41, 5.74) is 2.51. The van der Waals surface area contributed by atoms with E-state index < -0.39 is 0 Å². The monoisotopic (exact) mass is 307 g/mol. The van der Waals surface area contributed by atoms with E-state index in [1.165, 1.54) is 0 Å². The number of aromatic nitrogens is 6. The molecule has 4 aromatic rings. The molecule has 0 radical (unpaired) electrons. The molecular formula is C15H13N7O. The molecule has 0 saturated carbocycles. The highest BCUT2D eigenvalue weighted by Gasteiger charge is 2.11. The maximum Gasteiger partial charge on any atom is 0.276 e. The number of pyridine rings is 1. The van der Waals surface area contributed by atoms with Crippen molar-refractivity contribution in [3.05, 3.63) is 54.2 Å². The van der Waals surface area contributed by atoms with E-state index in [1.54, 1.807) is 23.1 Å². The molecule has 23 heavy (non-hydrogen) atoms. The molecule has 0 aliphatic heterocycles. The summed E-state index contributed by atoms with van der Waals surface area (Å²) in [4.78, 5) is 19.6. The molecule has 8 heteroatoms. The molecule has 0 spiro atoms. The lowest BCUT2D eigenvalue weighted by atomic mass is 10.3. The zero-order valence-corrected chi connectivity index (χ0v) is 12.2. The molecule has 0 aliphatic carbocycles. The molecule has 114 valence electrons. The smallest absolute Gasteiger partial charge is 0.276 e. The number of fused-ring (bicyclic) bond motifs is 1. The Bertz CT molecular complexity index is 981. The molecule has 0 bridgehead atoms. The fourth-order valence-corrected chi connectivity index (χ4v) is 2.33. The second-order valence-corrected chi connectivity index (χ2v) is 5.16. The molecule has 4 aromatic heterocycles. The molecule has 0 aromatic carbocycles. The second-order valence-electron chi connectivity index (χ2n) is 5.16. The van der Waals surface area contributed by atoms with Crippen molar-refractivity contribution in [2.24, 2.45) is 0 Å². The first-order chi connectivity index (χ1) is 11.2. The van der Waals surface area contributed by atoms with Gasteiger partial charge < -0.3 is 10.3 Å². The van der Waals surface area contributed by atoms with Crippen LogP contribution in [0.4, 0.5) is 5.69 Å². The maximum atomic E-state index is 12.1. The van der Waals surface area contributed by atoms with Gasteiger partial charge in [-0.15, -0.1) is 0 Å². The third-order valence-corrected chi connectivity index (χ3v) is 3.40. The molecule has 4 rings (SSSR count). The zero-order valence-electron chi connectivity index (χ0n) is 12.2. The van der Waals surface area contributed by atoms with Crippen molar-refractivity contribution in [2.75, 3.05) is 5.32 Å². The molecular weight excluding hydrogens is 294 g/mol. The van der Waals surface area contributed by atoms with Crippen LogP contribution in [0.25, 0.3) is 16.9 Å². The lowest BCUT2D eigenvalue weighted by molar-refractivity contribution is 0.102. The topological polar surface area (TPSA) is 104 Å². The number of hydrogen-bond donors (Lipinski definition) is 3. The molecule has 0 fully saturated rings. The van der Waals surface area contributed by atoms with Crippen LogP contribution in [-0.4, -0.2) is 35.9 Å². The minimum Gasteiger partial charge on any atom is -0.324 e. The lowest BCUT2D eigenvalue weighted by Gasteiger charge is -2.02. The molecule has 8 nitrogen and oxygen atoms in total.